The molecule has 0 N–H and O–H groups in total. The van der Waals surface area contributed by atoms with Crippen molar-refractivity contribution in [2.24, 2.45) is 0 Å². The van der Waals surface area contributed by atoms with Crippen molar-refractivity contribution >= 4 is 38.5 Å². The molecular weight excluding hydrogens is 510 g/mol. The van der Waals surface area contributed by atoms with Gasteiger partial charge in [0, 0.05) is 36.6 Å². The third-order valence-corrected chi connectivity index (χ3v) is 7.43. The standard InChI is InChI=1S/C20H15ClF6N4O2S/c21-12-1-3-13(4-2-12)34(32,33)31-9-7-30(8-10-31)17-6-5-14-15(19(22,23)24)11-16(20(25,26)27)28-18(14)29-17/h1-6,11H,7-10H2. The monoisotopic (exact) mass is 524 g/mol. The molecule has 1 aromatic carbocycles. The Kier molecular flexibility index (Phi) is 6.15. The van der Waals surface area contributed by atoms with E-state index in [2.05, 4.69) is 9.97 Å². The lowest BCUT2D eigenvalue weighted by molar-refractivity contribution is -0.144. The van der Waals surface area contributed by atoms with Crippen molar-refractivity contribution in [2.75, 3.05) is 31.1 Å². The van der Waals surface area contributed by atoms with Gasteiger partial charge in [-0.3, -0.25) is 0 Å². The van der Waals surface area contributed by atoms with Crippen LogP contribution in [0.5, 0.6) is 0 Å². The fourth-order valence-corrected chi connectivity index (χ4v) is 5.11. The van der Waals surface area contributed by atoms with Crippen LogP contribution in [0.3, 0.4) is 0 Å². The van der Waals surface area contributed by atoms with Gasteiger partial charge in [0.2, 0.25) is 10.0 Å². The van der Waals surface area contributed by atoms with Gasteiger partial charge in [-0.2, -0.15) is 30.6 Å². The molecule has 3 aromatic rings. The number of pyridine rings is 2. The Morgan fingerprint density at radius 1 is 0.824 bits per heavy atom. The zero-order valence-corrected chi connectivity index (χ0v) is 18.6. The Hall–Kier alpha value is -2.64. The van der Waals surface area contributed by atoms with Gasteiger partial charge in [-0.1, -0.05) is 11.6 Å². The highest BCUT2D eigenvalue weighted by molar-refractivity contribution is 7.89. The van der Waals surface area contributed by atoms with Crippen LogP contribution in [0.1, 0.15) is 11.3 Å². The van der Waals surface area contributed by atoms with Gasteiger partial charge in [-0.25, -0.2) is 18.4 Å². The largest absolute Gasteiger partial charge is 0.433 e. The summed E-state index contributed by atoms with van der Waals surface area (Å²) in [5.41, 5.74) is -3.88. The number of halogens is 7. The Bertz CT molecular complexity index is 1320. The molecule has 1 fully saturated rings. The van der Waals surface area contributed by atoms with Gasteiger partial charge in [0.1, 0.15) is 11.5 Å². The molecule has 34 heavy (non-hydrogen) atoms. The second-order valence-electron chi connectivity index (χ2n) is 7.44. The van der Waals surface area contributed by atoms with Gasteiger partial charge in [-0.05, 0) is 42.5 Å². The maximum absolute atomic E-state index is 13.4. The van der Waals surface area contributed by atoms with Crippen molar-refractivity contribution in [2.45, 2.75) is 17.2 Å². The topological polar surface area (TPSA) is 66.4 Å². The number of benzene rings is 1. The number of piperazine rings is 1. The minimum atomic E-state index is -5.09. The van der Waals surface area contributed by atoms with Crippen LogP contribution < -0.4 is 4.90 Å². The molecule has 0 unspecified atom stereocenters. The van der Waals surface area contributed by atoms with Gasteiger partial charge < -0.3 is 4.90 Å². The van der Waals surface area contributed by atoms with Gasteiger partial charge >= 0.3 is 12.4 Å². The van der Waals surface area contributed by atoms with Gasteiger partial charge in [0.25, 0.3) is 0 Å². The first-order valence-electron chi connectivity index (χ1n) is 9.74. The molecule has 0 atom stereocenters. The average molecular weight is 525 g/mol. The van der Waals surface area contributed by atoms with E-state index >= 15 is 0 Å². The summed E-state index contributed by atoms with van der Waals surface area (Å²) in [5, 5.41) is -0.185. The van der Waals surface area contributed by atoms with Crippen LogP contribution in [0.4, 0.5) is 32.2 Å². The molecule has 0 bridgehead atoms. The summed E-state index contributed by atoms with van der Waals surface area (Å²) < 4.78 is 106. The highest BCUT2D eigenvalue weighted by Gasteiger charge is 2.39. The predicted octanol–water partition coefficient (Wildman–Crippen LogP) is 4.83. The van der Waals surface area contributed by atoms with E-state index in [9.17, 15) is 34.8 Å². The zero-order valence-electron chi connectivity index (χ0n) is 17.0. The van der Waals surface area contributed by atoms with Crippen LogP contribution in [-0.2, 0) is 22.4 Å². The van der Waals surface area contributed by atoms with Crippen LogP contribution in [0.25, 0.3) is 11.0 Å². The fraction of sp³-hybridized carbons (Fsp3) is 0.300. The fourth-order valence-electron chi connectivity index (χ4n) is 3.56. The Labute approximate surface area is 194 Å². The second-order valence-corrected chi connectivity index (χ2v) is 9.81. The number of anilines is 1. The normalized spacial score (nSPS) is 16.3. The van der Waals surface area contributed by atoms with E-state index in [-0.39, 0.29) is 43.0 Å². The molecule has 6 nitrogen and oxygen atoms in total. The van der Waals surface area contributed by atoms with Crippen LogP contribution in [0, 0.1) is 0 Å². The van der Waals surface area contributed by atoms with Crippen molar-refractivity contribution in [1.29, 1.82) is 0 Å². The predicted molar refractivity (Wildman–Crippen MR) is 112 cm³/mol. The highest BCUT2D eigenvalue weighted by atomic mass is 35.5. The lowest BCUT2D eigenvalue weighted by Gasteiger charge is -2.34. The first-order valence-corrected chi connectivity index (χ1v) is 11.6. The van der Waals surface area contributed by atoms with Crippen LogP contribution in [0.15, 0.2) is 47.4 Å². The summed E-state index contributed by atoms with van der Waals surface area (Å²) in [4.78, 5) is 8.86. The molecule has 2 aromatic heterocycles. The maximum atomic E-state index is 13.4. The molecular formula is C20H15ClF6N4O2S. The van der Waals surface area contributed by atoms with E-state index in [0.29, 0.717) is 5.02 Å². The van der Waals surface area contributed by atoms with E-state index in [1.165, 1.54) is 34.6 Å². The smallest absolute Gasteiger partial charge is 0.354 e. The van der Waals surface area contributed by atoms with Crippen LogP contribution in [-0.4, -0.2) is 48.9 Å². The molecule has 14 heteroatoms. The average Bonchev–Trinajstić information content (AvgIpc) is 2.77. The third-order valence-electron chi connectivity index (χ3n) is 5.27. The molecule has 1 aliphatic rings. The zero-order chi connectivity index (χ0) is 24.9. The summed E-state index contributed by atoms with van der Waals surface area (Å²) in [6.07, 6.45) is -10.1. The maximum Gasteiger partial charge on any atom is 0.433 e. The minimum absolute atomic E-state index is 0.0362. The molecule has 1 saturated heterocycles. The Morgan fingerprint density at radius 3 is 2.00 bits per heavy atom. The number of hydrogen-bond acceptors (Lipinski definition) is 5. The number of alkyl halides is 6. The van der Waals surface area contributed by atoms with E-state index in [1.54, 1.807) is 4.90 Å². The molecule has 0 spiro atoms. The first-order chi connectivity index (χ1) is 15.8. The molecule has 182 valence electrons. The molecule has 0 amide bonds. The van der Waals surface area contributed by atoms with Gasteiger partial charge in [0.15, 0.2) is 5.65 Å². The summed E-state index contributed by atoms with van der Waals surface area (Å²) >= 11 is 5.79. The lowest BCUT2D eigenvalue weighted by Crippen LogP contribution is -2.48. The summed E-state index contributed by atoms with van der Waals surface area (Å²) in [6, 6.07) is 7.86. The number of rotatable bonds is 3. The lowest BCUT2D eigenvalue weighted by atomic mass is 10.1. The first kappa shape index (κ1) is 24.5. The van der Waals surface area contributed by atoms with Crippen molar-refractivity contribution in [1.82, 2.24) is 14.3 Å². The second kappa shape index (κ2) is 8.54. The summed E-state index contributed by atoms with van der Waals surface area (Å²) in [6.45, 7) is 0.315. The van der Waals surface area contributed by atoms with Crippen molar-refractivity contribution in [3.8, 4) is 0 Å². The number of nitrogens with zero attached hydrogens (tertiary/aromatic N) is 4. The molecule has 4 rings (SSSR count). The van der Waals surface area contributed by atoms with Crippen molar-refractivity contribution in [3.63, 3.8) is 0 Å². The molecule has 0 aliphatic carbocycles. The SMILES string of the molecule is O=S(=O)(c1ccc(Cl)cc1)N1CCN(c2ccc3c(C(F)(F)F)cc(C(F)(F)F)nc3n2)CC1. The number of fused-ring (bicyclic) bond motifs is 1. The van der Waals surface area contributed by atoms with Crippen molar-refractivity contribution in [3.05, 3.63) is 58.7 Å². The Morgan fingerprint density at radius 2 is 1.44 bits per heavy atom. The molecule has 0 saturated carbocycles. The van der Waals surface area contributed by atoms with Crippen LogP contribution in [0.2, 0.25) is 5.02 Å². The van der Waals surface area contributed by atoms with E-state index in [0.717, 1.165) is 6.07 Å². The van der Waals surface area contributed by atoms with E-state index in [4.69, 9.17) is 11.6 Å². The van der Waals surface area contributed by atoms with Crippen molar-refractivity contribution < 1.29 is 34.8 Å². The summed E-state index contributed by atoms with van der Waals surface area (Å²) in [7, 11) is -3.80. The highest BCUT2D eigenvalue weighted by Crippen LogP contribution is 2.38. The van der Waals surface area contributed by atoms with Gasteiger partial charge in [-0.15, -0.1) is 0 Å². The molecule has 1 aliphatic heterocycles. The van der Waals surface area contributed by atoms with Crippen LogP contribution >= 0.6 is 11.6 Å². The van der Waals surface area contributed by atoms with E-state index < -0.39 is 44.7 Å². The molecule has 3 heterocycles. The minimum Gasteiger partial charge on any atom is -0.354 e. The van der Waals surface area contributed by atoms with Gasteiger partial charge in [0.05, 0.1) is 10.5 Å². The Balaban J connectivity index is 1.61. The van der Waals surface area contributed by atoms with E-state index in [1.807, 2.05) is 0 Å². The molecule has 0 radical (unpaired) electrons. The number of hydrogen-bond donors (Lipinski definition) is 0. The quantitative estimate of drug-likeness (QED) is 0.459. The number of sulfonamides is 1. The number of aromatic nitrogens is 2. The summed E-state index contributed by atoms with van der Waals surface area (Å²) in [5.74, 6) is 0.0935. The third kappa shape index (κ3) is 4.77.